The van der Waals surface area contributed by atoms with Crippen LogP contribution in [0.1, 0.15) is 30.9 Å². The first-order valence-corrected chi connectivity index (χ1v) is 9.71. The first kappa shape index (κ1) is 22.4. The van der Waals surface area contributed by atoms with Crippen molar-refractivity contribution in [3.63, 3.8) is 0 Å². The van der Waals surface area contributed by atoms with Gasteiger partial charge < -0.3 is 20.1 Å². The molecule has 1 aromatic rings. The summed E-state index contributed by atoms with van der Waals surface area (Å²) in [6, 6.07) is 8.78. The van der Waals surface area contributed by atoms with Crippen molar-refractivity contribution in [2.24, 2.45) is 4.99 Å². The second-order valence-electron chi connectivity index (χ2n) is 7.18. The lowest BCUT2D eigenvalue weighted by atomic mass is 10.1. The van der Waals surface area contributed by atoms with E-state index in [1.807, 2.05) is 0 Å². The van der Waals surface area contributed by atoms with Gasteiger partial charge in [0.1, 0.15) is 0 Å². The molecule has 27 heavy (non-hydrogen) atoms. The molecule has 2 unspecified atom stereocenters. The van der Waals surface area contributed by atoms with E-state index in [0.717, 1.165) is 64.7 Å². The van der Waals surface area contributed by atoms with Gasteiger partial charge in [0, 0.05) is 46.4 Å². The first-order chi connectivity index (χ1) is 12.7. The van der Waals surface area contributed by atoms with Crippen LogP contribution in [0, 0.1) is 0 Å². The van der Waals surface area contributed by atoms with Gasteiger partial charge in [-0.2, -0.15) is 0 Å². The highest BCUT2D eigenvalue weighted by Crippen LogP contribution is 2.12. The van der Waals surface area contributed by atoms with Crippen molar-refractivity contribution in [2.75, 3.05) is 39.9 Å². The van der Waals surface area contributed by atoms with Gasteiger partial charge in [0.2, 0.25) is 0 Å². The number of halogens is 1. The highest BCUT2D eigenvalue weighted by molar-refractivity contribution is 14.0. The predicted octanol–water partition coefficient (Wildman–Crippen LogP) is 2.37. The molecule has 2 saturated heterocycles. The number of ether oxygens (including phenoxy) is 2. The maximum Gasteiger partial charge on any atom is 0.191 e. The third-order valence-corrected chi connectivity index (χ3v) is 4.93. The van der Waals surface area contributed by atoms with Gasteiger partial charge in [-0.1, -0.05) is 24.3 Å². The van der Waals surface area contributed by atoms with Crippen LogP contribution in [-0.2, 0) is 22.6 Å². The van der Waals surface area contributed by atoms with E-state index in [-0.39, 0.29) is 24.0 Å². The van der Waals surface area contributed by atoms with E-state index in [1.165, 1.54) is 11.1 Å². The summed E-state index contributed by atoms with van der Waals surface area (Å²) < 4.78 is 11.3. The topological polar surface area (TPSA) is 58.1 Å². The molecule has 2 aliphatic heterocycles. The minimum atomic E-state index is 0. The quantitative estimate of drug-likeness (QED) is 0.366. The molecule has 2 atom stereocenters. The minimum absolute atomic E-state index is 0. The van der Waals surface area contributed by atoms with Gasteiger partial charge in [-0.15, -0.1) is 24.0 Å². The van der Waals surface area contributed by atoms with Gasteiger partial charge in [-0.3, -0.25) is 9.89 Å². The van der Waals surface area contributed by atoms with Crippen LogP contribution in [0.5, 0.6) is 0 Å². The first-order valence-electron chi connectivity index (χ1n) is 9.71. The van der Waals surface area contributed by atoms with E-state index in [2.05, 4.69) is 51.7 Å². The lowest BCUT2D eigenvalue weighted by molar-refractivity contribution is -0.0212. The highest BCUT2D eigenvalue weighted by Gasteiger charge is 2.17. The van der Waals surface area contributed by atoms with Crippen LogP contribution in [0.25, 0.3) is 0 Å². The number of nitrogens with zero attached hydrogens (tertiary/aromatic N) is 2. The Labute approximate surface area is 180 Å². The molecule has 0 spiro atoms. The zero-order chi connectivity index (χ0) is 18.2. The summed E-state index contributed by atoms with van der Waals surface area (Å²) in [6.45, 7) is 8.42. The summed E-state index contributed by atoms with van der Waals surface area (Å²) in [4.78, 5) is 6.77. The fraction of sp³-hybridized carbons (Fsp3) is 0.650. The van der Waals surface area contributed by atoms with Gasteiger partial charge >= 0.3 is 0 Å². The third kappa shape index (κ3) is 7.56. The van der Waals surface area contributed by atoms with Crippen molar-refractivity contribution in [2.45, 2.75) is 45.1 Å². The normalized spacial score (nSPS) is 23.7. The Balaban J connectivity index is 0.00000261. The minimum Gasteiger partial charge on any atom is -0.376 e. The molecule has 7 heteroatoms. The SMILES string of the molecule is CN=C(NCc1cccc(CN2CCOC(C)C2)c1)NCC1CCCO1.I. The highest BCUT2D eigenvalue weighted by atomic mass is 127. The van der Waals surface area contributed by atoms with Gasteiger partial charge in [0.15, 0.2) is 5.96 Å². The second kappa shape index (κ2) is 11.8. The Morgan fingerprint density at radius 1 is 1.22 bits per heavy atom. The van der Waals surface area contributed by atoms with E-state index in [0.29, 0.717) is 12.2 Å². The van der Waals surface area contributed by atoms with Gasteiger partial charge in [-0.05, 0) is 30.9 Å². The summed E-state index contributed by atoms with van der Waals surface area (Å²) in [6.07, 6.45) is 2.93. The monoisotopic (exact) mass is 488 g/mol. The number of guanidine groups is 1. The zero-order valence-electron chi connectivity index (χ0n) is 16.4. The third-order valence-electron chi connectivity index (χ3n) is 4.93. The largest absolute Gasteiger partial charge is 0.376 e. The molecule has 0 saturated carbocycles. The number of rotatable bonds is 6. The average molecular weight is 488 g/mol. The van der Waals surface area contributed by atoms with Crippen molar-refractivity contribution < 1.29 is 9.47 Å². The summed E-state index contributed by atoms with van der Waals surface area (Å²) in [5.74, 6) is 0.827. The van der Waals surface area contributed by atoms with Gasteiger partial charge in [0.05, 0.1) is 18.8 Å². The molecule has 1 aromatic carbocycles. The summed E-state index contributed by atoms with van der Waals surface area (Å²) >= 11 is 0. The van der Waals surface area contributed by atoms with E-state index in [4.69, 9.17) is 9.47 Å². The molecule has 0 amide bonds. The van der Waals surface area contributed by atoms with Gasteiger partial charge in [-0.25, -0.2) is 0 Å². The maximum atomic E-state index is 5.65. The Morgan fingerprint density at radius 3 is 2.81 bits per heavy atom. The lowest BCUT2D eigenvalue weighted by Gasteiger charge is -2.31. The molecule has 2 N–H and O–H groups in total. The smallest absolute Gasteiger partial charge is 0.191 e. The molecule has 2 heterocycles. The molecular formula is C20H33IN4O2. The molecule has 3 rings (SSSR count). The molecule has 6 nitrogen and oxygen atoms in total. The Bertz CT molecular complexity index is 593. The number of morpholine rings is 1. The maximum absolute atomic E-state index is 5.65. The number of aliphatic imine (C=N–C) groups is 1. The number of hydrogen-bond acceptors (Lipinski definition) is 4. The summed E-state index contributed by atoms with van der Waals surface area (Å²) in [5.41, 5.74) is 2.62. The summed E-state index contributed by atoms with van der Waals surface area (Å²) in [5, 5.41) is 6.76. The molecule has 2 aliphatic rings. The van der Waals surface area contributed by atoms with Crippen LogP contribution in [0.4, 0.5) is 0 Å². The Kier molecular flexibility index (Phi) is 9.81. The number of nitrogens with one attached hydrogen (secondary N) is 2. The van der Waals surface area contributed by atoms with Gasteiger partial charge in [0.25, 0.3) is 0 Å². The van der Waals surface area contributed by atoms with Crippen molar-refractivity contribution in [3.8, 4) is 0 Å². The number of hydrogen-bond donors (Lipinski definition) is 2. The Hall–Kier alpha value is -0.900. The fourth-order valence-corrected chi connectivity index (χ4v) is 3.55. The second-order valence-corrected chi connectivity index (χ2v) is 7.18. The van der Waals surface area contributed by atoms with Crippen molar-refractivity contribution in [3.05, 3.63) is 35.4 Å². The van der Waals surface area contributed by atoms with Crippen molar-refractivity contribution in [1.82, 2.24) is 15.5 Å². The van der Waals surface area contributed by atoms with Crippen molar-refractivity contribution in [1.29, 1.82) is 0 Å². The van der Waals surface area contributed by atoms with Crippen LogP contribution in [-0.4, -0.2) is 63.0 Å². The van der Waals surface area contributed by atoms with Crippen LogP contribution >= 0.6 is 24.0 Å². The lowest BCUT2D eigenvalue weighted by Crippen LogP contribution is -2.41. The van der Waals surface area contributed by atoms with Crippen LogP contribution in [0.3, 0.4) is 0 Å². The molecule has 2 fully saturated rings. The van der Waals surface area contributed by atoms with E-state index in [1.54, 1.807) is 7.05 Å². The fourth-order valence-electron chi connectivity index (χ4n) is 3.55. The summed E-state index contributed by atoms with van der Waals surface area (Å²) in [7, 11) is 1.81. The predicted molar refractivity (Wildman–Crippen MR) is 120 cm³/mol. The average Bonchev–Trinajstić information content (AvgIpc) is 3.16. The van der Waals surface area contributed by atoms with E-state index < -0.39 is 0 Å². The molecular weight excluding hydrogens is 455 g/mol. The molecule has 0 aromatic heterocycles. The van der Waals surface area contributed by atoms with Crippen LogP contribution in [0.15, 0.2) is 29.3 Å². The standard InChI is InChI=1S/C20H32N4O2.HI/c1-16-14-24(8-10-25-16)15-18-6-3-5-17(11-18)12-22-20(21-2)23-13-19-7-4-9-26-19;/h3,5-6,11,16,19H,4,7-10,12-15H2,1-2H3,(H2,21,22,23);1H. The molecule has 0 radical (unpaired) electrons. The van der Waals surface area contributed by atoms with Crippen LogP contribution in [0.2, 0.25) is 0 Å². The van der Waals surface area contributed by atoms with E-state index >= 15 is 0 Å². The molecule has 0 bridgehead atoms. The molecule has 0 aliphatic carbocycles. The number of benzene rings is 1. The Morgan fingerprint density at radius 2 is 2.07 bits per heavy atom. The zero-order valence-corrected chi connectivity index (χ0v) is 18.8. The van der Waals surface area contributed by atoms with E-state index in [9.17, 15) is 0 Å². The van der Waals surface area contributed by atoms with Crippen LogP contribution < -0.4 is 10.6 Å². The molecule has 152 valence electrons. The van der Waals surface area contributed by atoms with Crippen molar-refractivity contribution >= 4 is 29.9 Å².